The molecule has 19 heavy (non-hydrogen) atoms. The maximum absolute atomic E-state index is 11.7. The maximum atomic E-state index is 11.7. The smallest absolute Gasteiger partial charge is 0.225 e. The van der Waals surface area contributed by atoms with Crippen LogP contribution in [0.25, 0.3) is 0 Å². The molecule has 0 spiro atoms. The van der Waals surface area contributed by atoms with Gasteiger partial charge < -0.3 is 15.4 Å². The van der Waals surface area contributed by atoms with E-state index in [-0.39, 0.29) is 11.8 Å². The van der Waals surface area contributed by atoms with Crippen molar-refractivity contribution in [1.82, 2.24) is 10.6 Å². The lowest BCUT2D eigenvalue weighted by Crippen LogP contribution is -2.51. The van der Waals surface area contributed by atoms with E-state index in [1.807, 2.05) is 0 Å². The first-order chi connectivity index (χ1) is 9.11. The molecule has 0 unspecified atom stereocenters. The Morgan fingerprint density at radius 1 is 1.37 bits per heavy atom. The number of hydrogen-bond donors (Lipinski definition) is 2. The molecule has 0 saturated carbocycles. The molecule has 2 N–H and O–H groups in total. The van der Waals surface area contributed by atoms with Gasteiger partial charge in [0.25, 0.3) is 0 Å². The van der Waals surface area contributed by atoms with Gasteiger partial charge in [0.05, 0.1) is 13.0 Å². The van der Waals surface area contributed by atoms with Crippen molar-refractivity contribution >= 4 is 5.91 Å². The zero-order valence-electron chi connectivity index (χ0n) is 11.9. The highest BCUT2D eigenvalue weighted by Gasteiger charge is 2.24. The summed E-state index contributed by atoms with van der Waals surface area (Å²) in [6.07, 6.45) is 0.802. The van der Waals surface area contributed by atoms with Crippen molar-refractivity contribution in [2.24, 2.45) is 5.92 Å². The molecule has 0 atom stereocenters. The number of carbonyl (C=O) groups is 1. The molecule has 2 rings (SSSR count). The van der Waals surface area contributed by atoms with Crippen LogP contribution in [0.1, 0.15) is 16.7 Å². The molecule has 0 radical (unpaired) electrons. The van der Waals surface area contributed by atoms with E-state index < -0.39 is 0 Å². The summed E-state index contributed by atoms with van der Waals surface area (Å²) in [6, 6.07) is 4.20. The van der Waals surface area contributed by atoms with Crippen LogP contribution in [-0.2, 0) is 11.2 Å². The normalized spacial score (nSPS) is 14.9. The van der Waals surface area contributed by atoms with Crippen LogP contribution in [0.3, 0.4) is 0 Å². The third-order valence-corrected chi connectivity index (χ3v) is 3.74. The average Bonchev–Trinajstić information content (AvgIpc) is 2.31. The molecule has 4 heteroatoms. The van der Waals surface area contributed by atoms with Gasteiger partial charge in [-0.2, -0.15) is 0 Å². The monoisotopic (exact) mass is 262 g/mol. The Bertz CT molecular complexity index is 467. The van der Waals surface area contributed by atoms with Crippen molar-refractivity contribution in [3.05, 3.63) is 28.8 Å². The highest BCUT2D eigenvalue weighted by molar-refractivity contribution is 5.80. The first-order valence-corrected chi connectivity index (χ1v) is 6.74. The fourth-order valence-corrected chi connectivity index (χ4v) is 2.17. The molecule has 1 aromatic rings. The van der Waals surface area contributed by atoms with Crippen LogP contribution in [0, 0.1) is 19.8 Å². The number of rotatable bonds is 5. The third kappa shape index (κ3) is 3.26. The van der Waals surface area contributed by atoms with Gasteiger partial charge in [-0.25, -0.2) is 0 Å². The van der Waals surface area contributed by atoms with E-state index in [0.717, 1.165) is 30.8 Å². The van der Waals surface area contributed by atoms with Crippen molar-refractivity contribution < 1.29 is 9.53 Å². The molecule has 104 valence electrons. The fraction of sp³-hybridized carbons (Fsp3) is 0.533. The lowest BCUT2D eigenvalue weighted by atomic mass is 10.0. The molecule has 1 amide bonds. The Kier molecular flexibility index (Phi) is 4.43. The molecule has 1 aliphatic rings. The molecule has 0 aromatic heterocycles. The lowest BCUT2D eigenvalue weighted by Gasteiger charge is -2.25. The summed E-state index contributed by atoms with van der Waals surface area (Å²) in [5.41, 5.74) is 3.63. The zero-order valence-corrected chi connectivity index (χ0v) is 11.9. The minimum atomic E-state index is 0.154. The summed E-state index contributed by atoms with van der Waals surface area (Å²) >= 11 is 0. The summed E-state index contributed by atoms with van der Waals surface area (Å²) in [4.78, 5) is 11.7. The van der Waals surface area contributed by atoms with Crippen molar-refractivity contribution in [1.29, 1.82) is 0 Å². The summed E-state index contributed by atoms with van der Waals surface area (Å²) < 4.78 is 5.40. The van der Waals surface area contributed by atoms with Crippen molar-refractivity contribution in [3.63, 3.8) is 0 Å². The lowest BCUT2D eigenvalue weighted by molar-refractivity contribution is -0.126. The van der Waals surface area contributed by atoms with Crippen molar-refractivity contribution in [2.45, 2.75) is 20.3 Å². The van der Waals surface area contributed by atoms with Gasteiger partial charge >= 0.3 is 0 Å². The third-order valence-electron chi connectivity index (χ3n) is 3.74. The molecule has 1 fully saturated rings. The van der Waals surface area contributed by atoms with E-state index in [9.17, 15) is 4.79 Å². The standard InChI is InChI=1S/C15H22N2O2/c1-10-6-12(14(19-3)7-11(10)2)4-5-17-15(18)13-8-16-9-13/h6-7,13,16H,4-5,8-9H2,1-3H3,(H,17,18). The molecular weight excluding hydrogens is 240 g/mol. The fourth-order valence-electron chi connectivity index (χ4n) is 2.17. The Hall–Kier alpha value is -1.55. The van der Waals surface area contributed by atoms with Crippen molar-refractivity contribution in [3.8, 4) is 5.75 Å². The van der Waals surface area contributed by atoms with Gasteiger partial charge in [0, 0.05) is 19.6 Å². The second-order valence-electron chi connectivity index (χ2n) is 5.14. The molecule has 1 aromatic carbocycles. The minimum absolute atomic E-state index is 0.154. The van der Waals surface area contributed by atoms with E-state index >= 15 is 0 Å². The number of carbonyl (C=O) groups excluding carboxylic acids is 1. The molecule has 4 nitrogen and oxygen atoms in total. The SMILES string of the molecule is COc1cc(C)c(C)cc1CCNC(=O)C1CNC1. The summed E-state index contributed by atoms with van der Waals surface area (Å²) in [6.45, 7) is 6.44. The predicted octanol–water partition coefficient (Wildman–Crippen LogP) is 1.19. The number of amides is 1. The average molecular weight is 262 g/mol. The number of nitrogens with one attached hydrogen (secondary N) is 2. The molecular formula is C15H22N2O2. The van der Waals surface area contributed by atoms with Crippen LogP contribution in [0.2, 0.25) is 0 Å². The number of methoxy groups -OCH3 is 1. The second kappa shape index (κ2) is 6.06. The maximum Gasteiger partial charge on any atom is 0.225 e. The number of benzene rings is 1. The molecule has 0 bridgehead atoms. The molecule has 0 aliphatic carbocycles. The molecule has 1 saturated heterocycles. The van der Waals surface area contributed by atoms with E-state index in [2.05, 4.69) is 36.6 Å². The van der Waals surface area contributed by atoms with Gasteiger partial charge in [0.2, 0.25) is 5.91 Å². The highest BCUT2D eigenvalue weighted by Crippen LogP contribution is 2.23. The number of hydrogen-bond acceptors (Lipinski definition) is 3. The Balaban J connectivity index is 1.91. The van der Waals surface area contributed by atoms with Crippen LogP contribution >= 0.6 is 0 Å². The quantitative estimate of drug-likeness (QED) is 0.838. The van der Waals surface area contributed by atoms with E-state index in [1.165, 1.54) is 11.1 Å². The minimum Gasteiger partial charge on any atom is -0.496 e. The van der Waals surface area contributed by atoms with Crippen LogP contribution in [0.15, 0.2) is 12.1 Å². The predicted molar refractivity (Wildman–Crippen MR) is 75.5 cm³/mol. The van der Waals surface area contributed by atoms with E-state index in [0.29, 0.717) is 6.54 Å². The van der Waals surface area contributed by atoms with Gasteiger partial charge in [-0.15, -0.1) is 0 Å². The van der Waals surface area contributed by atoms with Gasteiger partial charge in [-0.05, 0) is 43.0 Å². The van der Waals surface area contributed by atoms with Crippen molar-refractivity contribution in [2.75, 3.05) is 26.7 Å². The largest absolute Gasteiger partial charge is 0.496 e. The van der Waals surface area contributed by atoms with E-state index in [4.69, 9.17) is 4.74 Å². The van der Waals surface area contributed by atoms with Gasteiger partial charge in [0.1, 0.15) is 5.75 Å². The summed E-state index contributed by atoms with van der Waals surface area (Å²) in [7, 11) is 1.69. The van der Waals surface area contributed by atoms with Gasteiger partial charge in [-0.1, -0.05) is 6.07 Å². The number of aryl methyl sites for hydroxylation is 2. The van der Waals surface area contributed by atoms with Crippen LogP contribution < -0.4 is 15.4 Å². The second-order valence-corrected chi connectivity index (χ2v) is 5.14. The van der Waals surface area contributed by atoms with Gasteiger partial charge in [0.15, 0.2) is 0 Å². The highest BCUT2D eigenvalue weighted by atomic mass is 16.5. The molecule has 1 aliphatic heterocycles. The number of ether oxygens (including phenoxy) is 1. The Morgan fingerprint density at radius 2 is 2.05 bits per heavy atom. The summed E-state index contributed by atoms with van der Waals surface area (Å²) in [5, 5.41) is 6.09. The Morgan fingerprint density at radius 3 is 2.63 bits per heavy atom. The van der Waals surface area contributed by atoms with Crippen LogP contribution in [0.5, 0.6) is 5.75 Å². The Labute approximate surface area is 114 Å². The van der Waals surface area contributed by atoms with Crippen LogP contribution in [-0.4, -0.2) is 32.7 Å². The topological polar surface area (TPSA) is 50.4 Å². The first-order valence-electron chi connectivity index (χ1n) is 6.74. The first kappa shape index (κ1) is 13.9. The summed E-state index contributed by atoms with van der Waals surface area (Å²) in [5.74, 6) is 1.21. The van der Waals surface area contributed by atoms with Crippen LogP contribution in [0.4, 0.5) is 0 Å². The van der Waals surface area contributed by atoms with E-state index in [1.54, 1.807) is 7.11 Å². The van der Waals surface area contributed by atoms with Gasteiger partial charge in [-0.3, -0.25) is 4.79 Å². The molecule has 1 heterocycles. The zero-order chi connectivity index (χ0) is 13.8.